The molecule has 7 heteroatoms. The Bertz CT molecular complexity index is 543. The molecular weight excluding hydrogens is 300 g/mol. The third kappa shape index (κ3) is 4.09. The van der Waals surface area contributed by atoms with E-state index in [1.807, 2.05) is 13.0 Å². The highest BCUT2D eigenvalue weighted by Gasteiger charge is 2.24. The van der Waals surface area contributed by atoms with Crippen molar-refractivity contribution in [3.05, 3.63) is 23.8 Å². The number of halogens is 1. The summed E-state index contributed by atoms with van der Waals surface area (Å²) >= 11 is 0. The van der Waals surface area contributed by atoms with Gasteiger partial charge in [0.15, 0.2) is 0 Å². The highest BCUT2D eigenvalue weighted by Crippen LogP contribution is 2.25. The van der Waals surface area contributed by atoms with Crippen molar-refractivity contribution >= 4 is 22.4 Å². The van der Waals surface area contributed by atoms with Crippen molar-refractivity contribution in [3.8, 4) is 5.75 Å². The molecule has 2 N–H and O–H groups in total. The van der Waals surface area contributed by atoms with Crippen LogP contribution in [-0.4, -0.2) is 34.7 Å². The first kappa shape index (κ1) is 17.2. The molecule has 1 fully saturated rings. The van der Waals surface area contributed by atoms with Crippen LogP contribution < -0.4 is 14.8 Å². The van der Waals surface area contributed by atoms with Gasteiger partial charge in [-0.25, -0.2) is 13.1 Å². The van der Waals surface area contributed by atoms with Crippen molar-refractivity contribution < 1.29 is 13.2 Å². The van der Waals surface area contributed by atoms with Crippen LogP contribution in [0.5, 0.6) is 5.75 Å². The molecule has 1 aromatic carbocycles. The predicted octanol–water partition coefficient (Wildman–Crippen LogP) is 1.46. The molecule has 1 saturated heterocycles. The minimum Gasteiger partial charge on any atom is -0.495 e. The zero-order chi connectivity index (χ0) is 13.9. The molecule has 114 valence electrons. The lowest BCUT2D eigenvalue weighted by Gasteiger charge is -2.24. The van der Waals surface area contributed by atoms with Crippen LogP contribution in [0.2, 0.25) is 0 Å². The van der Waals surface area contributed by atoms with Crippen molar-refractivity contribution in [1.82, 2.24) is 10.0 Å². The summed E-state index contributed by atoms with van der Waals surface area (Å²) in [4.78, 5) is 0.209. The first-order chi connectivity index (χ1) is 9.03. The quantitative estimate of drug-likeness (QED) is 0.881. The van der Waals surface area contributed by atoms with E-state index in [-0.39, 0.29) is 23.3 Å². The van der Waals surface area contributed by atoms with Gasteiger partial charge >= 0.3 is 0 Å². The Kier molecular flexibility index (Phi) is 6.26. The highest BCUT2D eigenvalue weighted by molar-refractivity contribution is 7.89. The van der Waals surface area contributed by atoms with Crippen LogP contribution in [0.25, 0.3) is 0 Å². The molecule has 0 unspecified atom stereocenters. The Morgan fingerprint density at radius 1 is 1.40 bits per heavy atom. The number of benzene rings is 1. The van der Waals surface area contributed by atoms with Gasteiger partial charge in [0.25, 0.3) is 0 Å². The minimum atomic E-state index is -3.54. The summed E-state index contributed by atoms with van der Waals surface area (Å²) < 4.78 is 32.7. The summed E-state index contributed by atoms with van der Waals surface area (Å²) in [5.74, 6) is 0.377. The van der Waals surface area contributed by atoms with Crippen molar-refractivity contribution in [2.75, 3.05) is 20.2 Å². The van der Waals surface area contributed by atoms with E-state index in [1.165, 1.54) is 7.11 Å². The topological polar surface area (TPSA) is 67.4 Å². The molecule has 0 aliphatic carbocycles. The third-order valence-electron chi connectivity index (χ3n) is 3.23. The van der Waals surface area contributed by atoms with Crippen LogP contribution in [0, 0.1) is 6.92 Å². The van der Waals surface area contributed by atoms with E-state index >= 15 is 0 Å². The van der Waals surface area contributed by atoms with Crippen LogP contribution in [0.3, 0.4) is 0 Å². The molecule has 1 aliphatic rings. The molecule has 1 aliphatic heterocycles. The van der Waals surface area contributed by atoms with Crippen LogP contribution in [0.4, 0.5) is 0 Å². The monoisotopic (exact) mass is 320 g/mol. The molecule has 2 rings (SSSR count). The van der Waals surface area contributed by atoms with Crippen LogP contribution in [0.15, 0.2) is 23.1 Å². The summed E-state index contributed by atoms with van der Waals surface area (Å²) in [6.07, 6.45) is 1.85. The maximum atomic E-state index is 12.4. The molecular formula is C13H21ClN2O3S. The molecule has 0 radical (unpaired) electrons. The summed E-state index contributed by atoms with van der Waals surface area (Å²) in [5, 5.41) is 3.19. The van der Waals surface area contributed by atoms with Gasteiger partial charge in [-0.2, -0.15) is 0 Å². The van der Waals surface area contributed by atoms with Crippen LogP contribution in [0.1, 0.15) is 18.4 Å². The highest BCUT2D eigenvalue weighted by atomic mass is 35.5. The summed E-state index contributed by atoms with van der Waals surface area (Å²) in [6.45, 7) is 3.49. The average Bonchev–Trinajstić information content (AvgIpc) is 2.39. The Balaban J connectivity index is 0.00000200. The predicted molar refractivity (Wildman–Crippen MR) is 81.2 cm³/mol. The van der Waals surface area contributed by atoms with Crippen molar-refractivity contribution in [3.63, 3.8) is 0 Å². The number of piperidine rings is 1. The van der Waals surface area contributed by atoms with Gasteiger partial charge in [-0.3, -0.25) is 0 Å². The fraction of sp³-hybridized carbons (Fsp3) is 0.538. The molecule has 0 bridgehead atoms. The van der Waals surface area contributed by atoms with E-state index in [1.54, 1.807) is 12.1 Å². The van der Waals surface area contributed by atoms with Crippen molar-refractivity contribution in [2.24, 2.45) is 0 Å². The number of methoxy groups -OCH3 is 1. The third-order valence-corrected chi connectivity index (χ3v) is 4.77. The normalized spacial score (nSPS) is 19.2. The van der Waals surface area contributed by atoms with E-state index < -0.39 is 10.0 Å². The number of rotatable bonds is 4. The lowest BCUT2D eigenvalue weighted by Crippen LogP contribution is -2.45. The molecule has 1 atom stereocenters. The maximum absolute atomic E-state index is 12.4. The van der Waals surface area contributed by atoms with Crippen LogP contribution in [-0.2, 0) is 10.0 Å². The Morgan fingerprint density at radius 3 is 2.75 bits per heavy atom. The molecule has 0 saturated carbocycles. The van der Waals surface area contributed by atoms with Gasteiger partial charge < -0.3 is 10.1 Å². The van der Waals surface area contributed by atoms with Gasteiger partial charge in [0.2, 0.25) is 10.0 Å². The second-order valence-corrected chi connectivity index (χ2v) is 6.50. The van der Waals surface area contributed by atoms with Crippen LogP contribution >= 0.6 is 12.4 Å². The molecule has 0 aromatic heterocycles. The SMILES string of the molecule is COc1ccc(C)cc1S(=O)(=O)N[C@H]1CCCNC1.Cl. The van der Waals surface area contributed by atoms with Crippen molar-refractivity contribution in [2.45, 2.75) is 30.7 Å². The Labute approximate surface area is 126 Å². The molecule has 1 heterocycles. The van der Waals surface area contributed by atoms with E-state index in [9.17, 15) is 8.42 Å². The largest absolute Gasteiger partial charge is 0.495 e. The van der Waals surface area contributed by atoms with E-state index in [0.717, 1.165) is 24.9 Å². The zero-order valence-corrected chi connectivity index (χ0v) is 13.3. The number of aryl methyl sites for hydroxylation is 1. The standard InChI is InChI=1S/C13H20N2O3S.ClH/c1-10-5-6-12(18-2)13(8-10)19(16,17)15-11-4-3-7-14-9-11;/h5-6,8,11,14-15H,3-4,7,9H2,1-2H3;1H/t11-;/m0./s1. The number of hydrogen-bond donors (Lipinski definition) is 2. The van der Waals surface area contributed by atoms with Crippen molar-refractivity contribution in [1.29, 1.82) is 0 Å². The smallest absolute Gasteiger partial charge is 0.244 e. The van der Waals surface area contributed by atoms with E-state index in [2.05, 4.69) is 10.0 Å². The molecule has 0 spiro atoms. The minimum absolute atomic E-state index is 0. The molecule has 1 aromatic rings. The number of nitrogens with one attached hydrogen (secondary N) is 2. The molecule has 0 amide bonds. The fourth-order valence-corrected chi connectivity index (χ4v) is 3.75. The lowest BCUT2D eigenvalue weighted by atomic mass is 10.1. The second kappa shape index (κ2) is 7.26. The van der Waals surface area contributed by atoms with Gasteiger partial charge in [0.05, 0.1) is 7.11 Å². The average molecular weight is 321 g/mol. The second-order valence-electron chi connectivity index (χ2n) is 4.82. The van der Waals surface area contributed by atoms with E-state index in [4.69, 9.17) is 4.74 Å². The van der Waals surface area contributed by atoms with Gasteiger partial charge in [-0.1, -0.05) is 6.07 Å². The van der Waals surface area contributed by atoms with Gasteiger partial charge in [0, 0.05) is 12.6 Å². The summed E-state index contributed by atoms with van der Waals surface area (Å²) in [6, 6.07) is 5.10. The van der Waals surface area contributed by atoms with E-state index in [0.29, 0.717) is 12.3 Å². The molecule has 20 heavy (non-hydrogen) atoms. The number of sulfonamides is 1. The Hall–Kier alpha value is -0.820. The molecule has 5 nitrogen and oxygen atoms in total. The number of hydrogen-bond acceptors (Lipinski definition) is 4. The van der Waals surface area contributed by atoms with Gasteiger partial charge in [0.1, 0.15) is 10.6 Å². The zero-order valence-electron chi connectivity index (χ0n) is 11.7. The number of ether oxygens (including phenoxy) is 1. The first-order valence-electron chi connectivity index (χ1n) is 6.40. The summed E-state index contributed by atoms with van der Waals surface area (Å²) in [7, 11) is -2.06. The fourth-order valence-electron chi connectivity index (χ4n) is 2.23. The maximum Gasteiger partial charge on any atom is 0.244 e. The van der Waals surface area contributed by atoms with Gasteiger partial charge in [-0.15, -0.1) is 12.4 Å². The Morgan fingerprint density at radius 2 is 2.15 bits per heavy atom. The first-order valence-corrected chi connectivity index (χ1v) is 7.89. The van der Waals surface area contributed by atoms with Gasteiger partial charge in [-0.05, 0) is 44.0 Å². The lowest BCUT2D eigenvalue weighted by molar-refractivity contribution is 0.399. The summed E-state index contributed by atoms with van der Waals surface area (Å²) in [5.41, 5.74) is 0.892.